The minimum absolute atomic E-state index is 0.536. The molecular weight excluding hydrogens is 229 g/mol. The number of rotatable bonds is 4. The molecule has 0 spiro atoms. The molecular formula is C12H15F3N2. The van der Waals surface area contributed by atoms with Crippen molar-refractivity contribution in [3.8, 4) is 0 Å². The Hall–Kier alpha value is -1.10. The first-order valence-corrected chi connectivity index (χ1v) is 5.78. The molecule has 17 heavy (non-hydrogen) atoms. The lowest BCUT2D eigenvalue weighted by Crippen LogP contribution is -2.27. The molecule has 0 aliphatic heterocycles. The molecule has 2 rings (SSSR count). The fourth-order valence-electron chi connectivity index (χ4n) is 1.80. The molecule has 0 radical (unpaired) electrons. The van der Waals surface area contributed by atoms with Gasteiger partial charge in [-0.05, 0) is 37.4 Å². The van der Waals surface area contributed by atoms with Crippen molar-refractivity contribution >= 4 is 0 Å². The van der Waals surface area contributed by atoms with Gasteiger partial charge in [0.05, 0.1) is 11.3 Å². The Morgan fingerprint density at radius 1 is 1.29 bits per heavy atom. The third kappa shape index (κ3) is 3.43. The molecule has 0 aromatic carbocycles. The van der Waals surface area contributed by atoms with Crippen LogP contribution in [0.3, 0.4) is 0 Å². The third-order valence-corrected chi connectivity index (χ3v) is 3.12. The molecule has 1 aliphatic carbocycles. The van der Waals surface area contributed by atoms with Crippen LogP contribution >= 0.6 is 0 Å². The van der Waals surface area contributed by atoms with E-state index in [9.17, 15) is 13.2 Å². The van der Waals surface area contributed by atoms with Crippen molar-refractivity contribution in [3.63, 3.8) is 0 Å². The van der Waals surface area contributed by atoms with E-state index in [-0.39, 0.29) is 0 Å². The van der Waals surface area contributed by atoms with Gasteiger partial charge in [0.2, 0.25) is 0 Å². The van der Waals surface area contributed by atoms with E-state index >= 15 is 0 Å². The van der Waals surface area contributed by atoms with Gasteiger partial charge in [0.25, 0.3) is 0 Å². The van der Waals surface area contributed by atoms with Crippen LogP contribution in [0.1, 0.15) is 30.5 Å². The van der Waals surface area contributed by atoms with Crippen LogP contribution in [0.2, 0.25) is 0 Å². The smallest absolute Gasteiger partial charge is 0.311 e. The Balaban J connectivity index is 1.81. The quantitative estimate of drug-likeness (QED) is 0.880. The summed E-state index contributed by atoms with van der Waals surface area (Å²) in [7, 11) is 0. The zero-order valence-electron chi connectivity index (χ0n) is 9.43. The van der Waals surface area contributed by atoms with E-state index < -0.39 is 11.7 Å². The normalized spacial score (nSPS) is 16.9. The summed E-state index contributed by atoms with van der Waals surface area (Å²) in [5, 5.41) is 3.22. The van der Waals surface area contributed by atoms with Crippen molar-refractivity contribution in [1.82, 2.24) is 10.3 Å². The molecule has 0 amide bonds. The largest absolute Gasteiger partial charge is 0.417 e. The lowest BCUT2D eigenvalue weighted by molar-refractivity contribution is -0.137. The monoisotopic (exact) mass is 244 g/mol. The molecule has 1 aliphatic rings. The number of halogens is 3. The first-order chi connectivity index (χ1) is 8.05. The van der Waals surface area contributed by atoms with E-state index in [0.717, 1.165) is 24.7 Å². The number of nitrogens with zero attached hydrogens (tertiary/aromatic N) is 1. The first-order valence-electron chi connectivity index (χ1n) is 5.78. The number of alkyl halides is 3. The van der Waals surface area contributed by atoms with Crippen molar-refractivity contribution in [2.75, 3.05) is 6.54 Å². The number of hydrogen-bond donors (Lipinski definition) is 1. The minimum atomic E-state index is -4.30. The van der Waals surface area contributed by atoms with Gasteiger partial charge < -0.3 is 5.32 Å². The van der Waals surface area contributed by atoms with E-state index in [4.69, 9.17) is 0 Å². The van der Waals surface area contributed by atoms with Crippen LogP contribution < -0.4 is 5.32 Å². The van der Waals surface area contributed by atoms with Crippen LogP contribution in [0.5, 0.6) is 0 Å². The lowest BCUT2D eigenvalue weighted by Gasteiger charge is -2.25. The summed E-state index contributed by atoms with van der Waals surface area (Å²) < 4.78 is 36.8. The molecule has 0 saturated heterocycles. The van der Waals surface area contributed by atoms with E-state index in [0.29, 0.717) is 12.2 Å². The van der Waals surface area contributed by atoms with Crippen molar-refractivity contribution in [1.29, 1.82) is 0 Å². The maximum atomic E-state index is 12.3. The summed E-state index contributed by atoms with van der Waals surface area (Å²) >= 11 is 0. The fourth-order valence-corrected chi connectivity index (χ4v) is 1.80. The predicted octanol–water partition coefficient (Wildman–Crippen LogP) is 2.99. The maximum Gasteiger partial charge on any atom is 0.417 e. The van der Waals surface area contributed by atoms with Crippen LogP contribution in [0.4, 0.5) is 13.2 Å². The van der Waals surface area contributed by atoms with E-state index in [1.807, 2.05) is 0 Å². The second-order valence-electron chi connectivity index (χ2n) is 4.46. The Morgan fingerprint density at radius 2 is 2.06 bits per heavy atom. The Bertz CT molecular complexity index is 355. The summed E-state index contributed by atoms with van der Waals surface area (Å²) in [6, 6.07) is 2.50. The summed E-state index contributed by atoms with van der Waals surface area (Å²) in [6.07, 6.45) is 0.400. The predicted molar refractivity (Wildman–Crippen MR) is 58.3 cm³/mol. The molecule has 1 heterocycles. The van der Waals surface area contributed by atoms with Gasteiger partial charge in [-0.3, -0.25) is 4.98 Å². The number of nitrogens with one attached hydrogen (secondary N) is 1. The highest BCUT2D eigenvalue weighted by Gasteiger charge is 2.30. The molecule has 5 heteroatoms. The Labute approximate surface area is 98.2 Å². The summed E-state index contributed by atoms with van der Waals surface area (Å²) in [5.41, 5.74) is -0.0439. The molecule has 0 atom stereocenters. The maximum absolute atomic E-state index is 12.3. The number of hydrogen-bond acceptors (Lipinski definition) is 2. The standard InChI is InChI=1S/C12H15F3N2/c13-12(14,15)10-4-5-11(17-7-10)8-16-6-9-2-1-3-9/h4-5,7,9,16H,1-3,6,8H2. The highest BCUT2D eigenvalue weighted by atomic mass is 19.4. The van der Waals surface area contributed by atoms with E-state index in [2.05, 4.69) is 10.3 Å². The van der Waals surface area contributed by atoms with Crippen LogP contribution in [0.15, 0.2) is 18.3 Å². The van der Waals surface area contributed by atoms with Crippen molar-refractivity contribution in [3.05, 3.63) is 29.6 Å². The average Bonchev–Trinajstić information content (AvgIpc) is 2.21. The molecule has 0 unspecified atom stereocenters. The number of aromatic nitrogens is 1. The average molecular weight is 244 g/mol. The molecule has 0 bridgehead atoms. The molecule has 1 aromatic rings. The second-order valence-corrected chi connectivity index (χ2v) is 4.46. The number of pyridine rings is 1. The molecule has 1 N–H and O–H groups in total. The fraction of sp³-hybridized carbons (Fsp3) is 0.583. The molecule has 1 aromatic heterocycles. The van der Waals surface area contributed by atoms with Gasteiger partial charge in [-0.25, -0.2) is 0 Å². The molecule has 94 valence electrons. The first kappa shape index (κ1) is 12.4. The van der Waals surface area contributed by atoms with Gasteiger partial charge in [0.1, 0.15) is 0 Å². The summed E-state index contributed by atoms with van der Waals surface area (Å²) in [6.45, 7) is 1.47. The van der Waals surface area contributed by atoms with Crippen LogP contribution in [-0.2, 0) is 12.7 Å². The van der Waals surface area contributed by atoms with Gasteiger partial charge in [-0.1, -0.05) is 6.42 Å². The lowest BCUT2D eigenvalue weighted by atomic mass is 9.85. The van der Waals surface area contributed by atoms with E-state index in [1.54, 1.807) is 0 Å². The Morgan fingerprint density at radius 3 is 2.53 bits per heavy atom. The van der Waals surface area contributed by atoms with Gasteiger partial charge >= 0.3 is 6.18 Å². The van der Waals surface area contributed by atoms with Crippen molar-refractivity contribution in [2.45, 2.75) is 32.0 Å². The van der Waals surface area contributed by atoms with Crippen LogP contribution in [0, 0.1) is 5.92 Å². The zero-order chi connectivity index (χ0) is 12.3. The van der Waals surface area contributed by atoms with Gasteiger partial charge in [-0.15, -0.1) is 0 Å². The SMILES string of the molecule is FC(F)(F)c1ccc(CNCC2CCC2)nc1. The summed E-state index contributed by atoms with van der Waals surface area (Å²) in [5.74, 6) is 0.740. The topological polar surface area (TPSA) is 24.9 Å². The van der Waals surface area contributed by atoms with E-state index in [1.165, 1.54) is 25.3 Å². The zero-order valence-corrected chi connectivity index (χ0v) is 9.43. The van der Waals surface area contributed by atoms with Crippen molar-refractivity contribution < 1.29 is 13.2 Å². The van der Waals surface area contributed by atoms with Crippen LogP contribution in [0.25, 0.3) is 0 Å². The molecule has 2 nitrogen and oxygen atoms in total. The van der Waals surface area contributed by atoms with Crippen molar-refractivity contribution in [2.24, 2.45) is 5.92 Å². The van der Waals surface area contributed by atoms with Crippen LogP contribution in [-0.4, -0.2) is 11.5 Å². The second kappa shape index (κ2) is 5.04. The molecule has 1 fully saturated rings. The minimum Gasteiger partial charge on any atom is -0.311 e. The van der Waals surface area contributed by atoms with Gasteiger partial charge in [-0.2, -0.15) is 13.2 Å². The Kier molecular flexibility index (Phi) is 3.66. The van der Waals surface area contributed by atoms with Gasteiger partial charge in [0.15, 0.2) is 0 Å². The summed E-state index contributed by atoms with van der Waals surface area (Å²) in [4.78, 5) is 3.80. The highest BCUT2D eigenvalue weighted by molar-refractivity contribution is 5.16. The molecule has 1 saturated carbocycles. The van der Waals surface area contributed by atoms with Gasteiger partial charge in [0, 0.05) is 12.7 Å². The highest BCUT2D eigenvalue weighted by Crippen LogP contribution is 2.28. The third-order valence-electron chi connectivity index (χ3n) is 3.12.